The van der Waals surface area contributed by atoms with Gasteiger partial charge in [0.25, 0.3) is 5.91 Å². The van der Waals surface area contributed by atoms with Crippen LogP contribution in [0.3, 0.4) is 0 Å². The number of imide groups is 1. The lowest BCUT2D eigenvalue weighted by molar-refractivity contribution is -0.139. The van der Waals surface area contributed by atoms with Gasteiger partial charge in [-0.15, -0.1) is 0 Å². The molecule has 0 radical (unpaired) electrons. The minimum atomic E-state index is -1.21. The Balaban J connectivity index is 1.42. The number of fused-ring (bicyclic) bond motifs is 1. The Hall–Kier alpha value is -4.20. The lowest BCUT2D eigenvalue weighted by atomic mass is 9.87. The van der Waals surface area contributed by atoms with E-state index in [1.54, 1.807) is 37.3 Å². The maximum absolute atomic E-state index is 13.2. The molecule has 0 bridgehead atoms. The number of anilines is 1. The molecule has 4 rings (SSSR count). The predicted molar refractivity (Wildman–Crippen MR) is 129 cm³/mol. The quantitative estimate of drug-likeness (QED) is 0.532. The Bertz CT molecular complexity index is 1250. The molecule has 0 unspecified atom stereocenters. The first-order valence-corrected chi connectivity index (χ1v) is 11.1. The normalized spacial score (nSPS) is 17.5. The summed E-state index contributed by atoms with van der Waals surface area (Å²) in [4.78, 5) is 53.4. The number of amides is 5. The van der Waals surface area contributed by atoms with E-state index < -0.39 is 29.9 Å². The lowest BCUT2D eigenvalue weighted by Crippen LogP contribution is -2.46. The molecule has 0 spiro atoms. The Morgan fingerprint density at radius 1 is 0.971 bits per heavy atom. The first-order chi connectivity index (χ1) is 16.4. The second-order valence-electron chi connectivity index (χ2n) is 8.27. The summed E-state index contributed by atoms with van der Waals surface area (Å²) in [5.74, 6) is -1.37. The smallest absolute Gasteiger partial charge is 0.325 e. The van der Waals surface area contributed by atoms with Crippen molar-refractivity contribution in [1.82, 2.24) is 15.1 Å². The van der Waals surface area contributed by atoms with Crippen LogP contribution in [0, 0.1) is 0 Å². The van der Waals surface area contributed by atoms with E-state index in [-0.39, 0.29) is 12.5 Å². The number of benzene rings is 3. The van der Waals surface area contributed by atoms with Gasteiger partial charge in [0, 0.05) is 18.1 Å². The highest BCUT2D eigenvalue weighted by atomic mass is 16.2. The number of hydrogen-bond acceptors (Lipinski definition) is 4. The molecule has 5 amide bonds. The number of carbonyl (C=O) groups is 4. The number of likely N-dealkylation sites (N-methyl/N-ethyl adjacent to an activating group) is 1. The summed E-state index contributed by atoms with van der Waals surface area (Å²) in [7, 11) is 1.47. The van der Waals surface area contributed by atoms with Crippen LogP contribution in [0.15, 0.2) is 72.8 Å². The second-order valence-corrected chi connectivity index (χ2v) is 8.27. The monoisotopic (exact) mass is 458 g/mol. The van der Waals surface area contributed by atoms with Gasteiger partial charge in [0.05, 0.1) is 6.54 Å². The highest BCUT2D eigenvalue weighted by Gasteiger charge is 2.51. The number of urea groups is 1. The van der Waals surface area contributed by atoms with Crippen LogP contribution in [-0.2, 0) is 19.9 Å². The van der Waals surface area contributed by atoms with Crippen LogP contribution < -0.4 is 10.6 Å². The van der Waals surface area contributed by atoms with E-state index in [1.807, 2.05) is 42.5 Å². The summed E-state index contributed by atoms with van der Waals surface area (Å²) in [5, 5.41) is 7.47. The molecule has 1 aliphatic rings. The molecule has 3 aromatic carbocycles. The van der Waals surface area contributed by atoms with Crippen molar-refractivity contribution in [2.45, 2.75) is 18.9 Å². The Morgan fingerprint density at radius 3 is 2.38 bits per heavy atom. The average molecular weight is 459 g/mol. The Labute approximate surface area is 197 Å². The number of nitrogens with zero attached hydrogens (tertiary/aromatic N) is 2. The predicted octanol–water partition coefficient (Wildman–Crippen LogP) is 3.09. The van der Waals surface area contributed by atoms with Crippen LogP contribution in [0.4, 0.5) is 10.5 Å². The van der Waals surface area contributed by atoms with Crippen molar-refractivity contribution < 1.29 is 19.2 Å². The molecule has 8 heteroatoms. The zero-order chi connectivity index (χ0) is 24.3. The molecular formula is C26H26N4O4. The van der Waals surface area contributed by atoms with Gasteiger partial charge in [0.2, 0.25) is 11.8 Å². The average Bonchev–Trinajstić information content (AvgIpc) is 3.09. The van der Waals surface area contributed by atoms with E-state index in [2.05, 4.69) is 10.6 Å². The number of carbonyl (C=O) groups excluding carboxylic acids is 4. The van der Waals surface area contributed by atoms with E-state index in [1.165, 1.54) is 11.9 Å². The molecule has 2 N–H and O–H groups in total. The van der Waals surface area contributed by atoms with Gasteiger partial charge in [-0.25, -0.2) is 4.79 Å². The zero-order valence-corrected chi connectivity index (χ0v) is 19.1. The molecular weight excluding hydrogens is 432 g/mol. The molecule has 1 heterocycles. The van der Waals surface area contributed by atoms with Crippen molar-refractivity contribution in [2.24, 2.45) is 0 Å². The summed E-state index contributed by atoms with van der Waals surface area (Å²) in [5.41, 5.74) is 0.102. The van der Waals surface area contributed by atoms with Crippen molar-refractivity contribution >= 4 is 40.2 Å². The molecule has 8 nitrogen and oxygen atoms in total. The second kappa shape index (κ2) is 9.35. The maximum atomic E-state index is 13.2. The molecule has 1 saturated heterocycles. The Kier molecular flexibility index (Phi) is 6.32. The van der Waals surface area contributed by atoms with Crippen molar-refractivity contribution in [1.29, 1.82) is 0 Å². The maximum Gasteiger partial charge on any atom is 0.325 e. The molecule has 0 aromatic heterocycles. The van der Waals surface area contributed by atoms with Crippen LogP contribution in [0.1, 0.15) is 18.9 Å². The van der Waals surface area contributed by atoms with Crippen molar-refractivity contribution in [3.63, 3.8) is 0 Å². The topological polar surface area (TPSA) is 98.8 Å². The van der Waals surface area contributed by atoms with E-state index >= 15 is 0 Å². The molecule has 0 aliphatic carbocycles. The fourth-order valence-corrected chi connectivity index (χ4v) is 4.22. The number of hydrogen-bond donors (Lipinski definition) is 2. The summed E-state index contributed by atoms with van der Waals surface area (Å²) in [6.07, 6.45) is 0.343. The van der Waals surface area contributed by atoms with Gasteiger partial charge in [0.1, 0.15) is 12.1 Å². The van der Waals surface area contributed by atoms with Gasteiger partial charge in [-0.3, -0.25) is 19.3 Å². The number of nitrogens with one attached hydrogen (secondary N) is 2. The highest BCUT2D eigenvalue weighted by Crippen LogP contribution is 2.32. The van der Waals surface area contributed by atoms with E-state index in [0.29, 0.717) is 17.7 Å². The first kappa shape index (κ1) is 23.0. The molecule has 1 atom stereocenters. The number of rotatable bonds is 7. The lowest BCUT2D eigenvalue weighted by Gasteiger charge is -2.26. The zero-order valence-electron chi connectivity index (χ0n) is 19.1. The largest absolute Gasteiger partial charge is 0.335 e. The fourth-order valence-electron chi connectivity index (χ4n) is 4.22. The van der Waals surface area contributed by atoms with Crippen LogP contribution in [-0.4, -0.2) is 53.7 Å². The SMILES string of the molecule is CC[C@]1(c2ccccc2)NC(=O)N(CC(=O)N(C)CC(=O)Nc2cccc3ccccc23)C1=O. The van der Waals surface area contributed by atoms with Crippen molar-refractivity contribution in [2.75, 3.05) is 25.5 Å². The van der Waals surface area contributed by atoms with Crippen molar-refractivity contribution in [3.8, 4) is 0 Å². The molecule has 174 valence electrons. The third-order valence-corrected chi connectivity index (χ3v) is 6.14. The van der Waals surface area contributed by atoms with Crippen LogP contribution in [0.2, 0.25) is 0 Å². The van der Waals surface area contributed by atoms with E-state index in [4.69, 9.17) is 0 Å². The van der Waals surface area contributed by atoms with Gasteiger partial charge in [-0.2, -0.15) is 0 Å². The van der Waals surface area contributed by atoms with Crippen LogP contribution in [0.25, 0.3) is 10.8 Å². The van der Waals surface area contributed by atoms with Gasteiger partial charge >= 0.3 is 6.03 Å². The molecule has 3 aromatic rings. The van der Waals surface area contributed by atoms with Gasteiger partial charge in [0.15, 0.2) is 0 Å². The van der Waals surface area contributed by atoms with E-state index in [0.717, 1.165) is 15.7 Å². The minimum absolute atomic E-state index is 0.219. The standard InChI is InChI=1S/C26H26N4O4/c1-3-26(19-12-5-4-6-13-19)24(33)30(25(34)28-26)17-23(32)29(2)16-22(31)27-21-15-9-11-18-10-7-8-14-20(18)21/h4-15H,3,16-17H2,1-2H3,(H,27,31)(H,28,34)/t26-/m1/s1. The van der Waals surface area contributed by atoms with Gasteiger partial charge in [-0.05, 0) is 23.4 Å². The Morgan fingerprint density at radius 2 is 1.65 bits per heavy atom. The van der Waals surface area contributed by atoms with E-state index in [9.17, 15) is 19.2 Å². The molecule has 34 heavy (non-hydrogen) atoms. The highest BCUT2D eigenvalue weighted by molar-refractivity contribution is 6.09. The van der Waals surface area contributed by atoms with Crippen LogP contribution in [0.5, 0.6) is 0 Å². The van der Waals surface area contributed by atoms with Gasteiger partial charge < -0.3 is 15.5 Å². The summed E-state index contributed by atoms with van der Waals surface area (Å²) in [6.45, 7) is 1.14. The van der Waals surface area contributed by atoms with Crippen LogP contribution >= 0.6 is 0 Å². The summed E-state index contributed by atoms with van der Waals surface area (Å²) in [6, 6.07) is 21.6. The summed E-state index contributed by atoms with van der Waals surface area (Å²) >= 11 is 0. The molecule has 0 saturated carbocycles. The fraction of sp³-hybridized carbons (Fsp3) is 0.231. The van der Waals surface area contributed by atoms with Crippen molar-refractivity contribution in [3.05, 3.63) is 78.4 Å². The van der Waals surface area contributed by atoms with Gasteiger partial charge in [-0.1, -0.05) is 73.7 Å². The summed E-state index contributed by atoms with van der Waals surface area (Å²) < 4.78 is 0. The first-order valence-electron chi connectivity index (χ1n) is 11.1. The molecule has 1 aliphatic heterocycles. The third kappa shape index (κ3) is 4.22. The molecule has 1 fully saturated rings. The third-order valence-electron chi connectivity index (χ3n) is 6.14. The minimum Gasteiger partial charge on any atom is -0.335 e.